The van der Waals surface area contributed by atoms with Crippen LogP contribution in [-0.4, -0.2) is 41.7 Å². The molecular formula is C10H14ClF3N2O2. The number of nitrogens with one attached hydrogen (secondary N) is 2. The second kappa shape index (κ2) is 5.92. The Bertz CT molecular complexity index is 358. The average Bonchev–Trinajstić information content (AvgIpc) is 2.28. The van der Waals surface area contributed by atoms with E-state index in [1.165, 1.54) is 12.2 Å². The van der Waals surface area contributed by atoms with Crippen molar-refractivity contribution in [1.82, 2.24) is 10.6 Å². The van der Waals surface area contributed by atoms with Crippen molar-refractivity contribution in [3.63, 3.8) is 0 Å². The molecule has 0 aromatic carbocycles. The molecule has 0 amide bonds. The minimum atomic E-state index is -4.37. The Hall–Kier alpha value is -0.760. The molecule has 0 aliphatic heterocycles. The molecule has 0 aromatic heterocycles. The Morgan fingerprint density at radius 1 is 1.39 bits per heavy atom. The SMILES string of the molecule is OCCNC1(NCC(F)(F)F)C=C(O)C(Cl)=CC1. The lowest BCUT2D eigenvalue weighted by atomic mass is 9.99. The van der Waals surface area contributed by atoms with E-state index < -0.39 is 18.4 Å². The third-order valence-corrected chi connectivity index (χ3v) is 2.74. The van der Waals surface area contributed by atoms with Gasteiger partial charge >= 0.3 is 6.18 Å². The summed E-state index contributed by atoms with van der Waals surface area (Å²) in [5, 5.41) is 23.3. The van der Waals surface area contributed by atoms with Gasteiger partial charge in [0.15, 0.2) is 0 Å². The van der Waals surface area contributed by atoms with Crippen LogP contribution in [0.25, 0.3) is 0 Å². The Balaban J connectivity index is 2.78. The molecule has 1 aliphatic carbocycles. The van der Waals surface area contributed by atoms with E-state index in [2.05, 4.69) is 10.6 Å². The van der Waals surface area contributed by atoms with Gasteiger partial charge in [0.1, 0.15) is 5.76 Å². The van der Waals surface area contributed by atoms with Gasteiger partial charge < -0.3 is 10.2 Å². The molecule has 1 unspecified atom stereocenters. The molecule has 0 radical (unpaired) electrons. The lowest BCUT2D eigenvalue weighted by Crippen LogP contribution is -2.58. The molecule has 8 heteroatoms. The molecule has 1 rings (SSSR count). The third-order valence-electron chi connectivity index (χ3n) is 2.39. The van der Waals surface area contributed by atoms with Crippen LogP contribution in [0.15, 0.2) is 22.9 Å². The Morgan fingerprint density at radius 3 is 2.56 bits per heavy atom. The molecule has 0 spiro atoms. The molecule has 0 saturated carbocycles. The first-order valence-electron chi connectivity index (χ1n) is 5.23. The molecule has 18 heavy (non-hydrogen) atoms. The molecule has 1 atom stereocenters. The Kier molecular flexibility index (Phi) is 5.03. The summed E-state index contributed by atoms with van der Waals surface area (Å²) in [6.45, 7) is -1.37. The van der Waals surface area contributed by atoms with Gasteiger partial charge in [-0.1, -0.05) is 17.7 Å². The third kappa shape index (κ3) is 4.49. The summed E-state index contributed by atoms with van der Waals surface area (Å²) in [7, 11) is 0. The van der Waals surface area contributed by atoms with Gasteiger partial charge in [0.2, 0.25) is 0 Å². The molecular weight excluding hydrogens is 273 g/mol. The number of alkyl halides is 3. The topological polar surface area (TPSA) is 64.5 Å². The van der Waals surface area contributed by atoms with E-state index in [9.17, 15) is 18.3 Å². The van der Waals surface area contributed by atoms with Gasteiger partial charge in [0.05, 0.1) is 23.8 Å². The fourth-order valence-corrected chi connectivity index (χ4v) is 1.69. The fourth-order valence-electron chi connectivity index (χ4n) is 1.56. The standard InChI is InChI=1S/C10H14ClF3N2O2/c11-7-1-2-9(5-8(7)18,15-3-4-17)16-6-10(12,13)14/h1,5,15-18H,2-4,6H2. The predicted molar refractivity (Wildman–Crippen MR) is 61.1 cm³/mol. The molecule has 4 nitrogen and oxygen atoms in total. The monoisotopic (exact) mass is 286 g/mol. The number of aliphatic hydroxyl groups excluding tert-OH is 2. The highest BCUT2D eigenvalue weighted by molar-refractivity contribution is 6.31. The van der Waals surface area contributed by atoms with E-state index in [0.717, 1.165) is 0 Å². The van der Waals surface area contributed by atoms with Crippen molar-refractivity contribution >= 4 is 11.6 Å². The molecule has 4 N–H and O–H groups in total. The highest BCUT2D eigenvalue weighted by atomic mass is 35.5. The van der Waals surface area contributed by atoms with E-state index in [1.54, 1.807) is 0 Å². The zero-order valence-corrected chi connectivity index (χ0v) is 10.1. The maximum Gasteiger partial charge on any atom is 0.401 e. The summed E-state index contributed by atoms with van der Waals surface area (Å²) < 4.78 is 36.6. The van der Waals surface area contributed by atoms with Crippen molar-refractivity contribution < 1.29 is 23.4 Å². The van der Waals surface area contributed by atoms with Gasteiger partial charge in [0, 0.05) is 13.0 Å². The molecule has 0 bridgehead atoms. The largest absolute Gasteiger partial charge is 0.507 e. The zero-order valence-electron chi connectivity index (χ0n) is 9.39. The molecule has 0 aromatic rings. The Morgan fingerprint density at radius 2 is 2.06 bits per heavy atom. The maximum atomic E-state index is 12.2. The van der Waals surface area contributed by atoms with Gasteiger partial charge in [-0.15, -0.1) is 0 Å². The smallest absolute Gasteiger partial charge is 0.401 e. The number of hydrogen-bond acceptors (Lipinski definition) is 4. The molecule has 1 aliphatic rings. The van der Waals surface area contributed by atoms with Crippen LogP contribution in [0, 0.1) is 0 Å². The summed E-state index contributed by atoms with van der Waals surface area (Å²) in [6, 6.07) is 0. The van der Waals surface area contributed by atoms with Crippen molar-refractivity contribution in [2.24, 2.45) is 0 Å². The first-order valence-corrected chi connectivity index (χ1v) is 5.61. The first-order chi connectivity index (χ1) is 8.28. The lowest BCUT2D eigenvalue weighted by Gasteiger charge is -2.35. The predicted octanol–water partition coefficient (Wildman–Crippen LogP) is 1.38. The zero-order chi connectivity index (χ0) is 13.8. The lowest BCUT2D eigenvalue weighted by molar-refractivity contribution is -0.128. The van der Waals surface area contributed by atoms with E-state index >= 15 is 0 Å². The molecule has 0 saturated heterocycles. The van der Waals surface area contributed by atoms with Crippen molar-refractivity contribution in [1.29, 1.82) is 0 Å². The molecule has 0 fully saturated rings. The number of aliphatic hydroxyl groups is 2. The number of hydrogen-bond donors (Lipinski definition) is 4. The second-order valence-electron chi connectivity index (χ2n) is 3.88. The Labute approximate surface area is 107 Å². The van der Waals surface area contributed by atoms with E-state index in [-0.39, 0.29) is 30.4 Å². The summed E-state index contributed by atoms with van der Waals surface area (Å²) in [6.07, 6.45) is -1.66. The van der Waals surface area contributed by atoms with Gasteiger partial charge in [-0.2, -0.15) is 13.2 Å². The normalized spacial score (nSPS) is 24.7. The summed E-state index contributed by atoms with van der Waals surface area (Å²) >= 11 is 5.63. The number of rotatable bonds is 5. The van der Waals surface area contributed by atoms with Crippen LogP contribution < -0.4 is 10.6 Å². The summed E-state index contributed by atoms with van der Waals surface area (Å²) in [5.41, 5.74) is -1.26. The minimum Gasteiger partial charge on any atom is -0.507 e. The minimum absolute atomic E-state index is 0.0834. The molecule has 104 valence electrons. The van der Waals surface area contributed by atoms with Crippen LogP contribution in [0.1, 0.15) is 6.42 Å². The van der Waals surface area contributed by atoms with Crippen LogP contribution in [0.4, 0.5) is 13.2 Å². The fraction of sp³-hybridized carbons (Fsp3) is 0.600. The number of allylic oxidation sites excluding steroid dienone is 1. The molecule has 0 heterocycles. The van der Waals surface area contributed by atoms with Gasteiger partial charge in [-0.25, -0.2) is 0 Å². The summed E-state index contributed by atoms with van der Waals surface area (Å²) in [5.74, 6) is -0.303. The van der Waals surface area contributed by atoms with E-state index in [1.807, 2.05) is 0 Å². The van der Waals surface area contributed by atoms with Gasteiger partial charge in [0.25, 0.3) is 0 Å². The average molecular weight is 287 g/mol. The maximum absolute atomic E-state index is 12.2. The van der Waals surface area contributed by atoms with Crippen LogP contribution in [-0.2, 0) is 0 Å². The van der Waals surface area contributed by atoms with Crippen LogP contribution in [0.3, 0.4) is 0 Å². The summed E-state index contributed by atoms with van der Waals surface area (Å²) in [4.78, 5) is 0. The van der Waals surface area contributed by atoms with Crippen molar-refractivity contribution in [2.45, 2.75) is 18.3 Å². The van der Waals surface area contributed by atoms with Crippen LogP contribution in [0.2, 0.25) is 0 Å². The van der Waals surface area contributed by atoms with Crippen LogP contribution >= 0.6 is 11.6 Å². The van der Waals surface area contributed by atoms with Crippen molar-refractivity contribution in [3.05, 3.63) is 22.9 Å². The first kappa shape index (κ1) is 15.3. The number of halogens is 4. The van der Waals surface area contributed by atoms with Crippen LogP contribution in [0.5, 0.6) is 0 Å². The van der Waals surface area contributed by atoms with Gasteiger partial charge in [-0.3, -0.25) is 10.6 Å². The highest BCUT2D eigenvalue weighted by Gasteiger charge is 2.35. The quantitative estimate of drug-likeness (QED) is 0.577. The van der Waals surface area contributed by atoms with E-state index in [4.69, 9.17) is 16.7 Å². The van der Waals surface area contributed by atoms with E-state index in [0.29, 0.717) is 0 Å². The van der Waals surface area contributed by atoms with Crippen molar-refractivity contribution in [2.75, 3.05) is 19.7 Å². The van der Waals surface area contributed by atoms with Crippen molar-refractivity contribution in [3.8, 4) is 0 Å². The highest BCUT2D eigenvalue weighted by Crippen LogP contribution is 2.26. The van der Waals surface area contributed by atoms with Gasteiger partial charge in [-0.05, 0) is 6.08 Å². The second-order valence-corrected chi connectivity index (χ2v) is 4.28.